The number of aromatic nitrogens is 1. The maximum absolute atomic E-state index is 11.5. The number of hydrogen-bond acceptors (Lipinski definition) is 5. The van der Waals surface area contributed by atoms with Crippen LogP contribution in [-0.2, 0) is 4.79 Å². The minimum Gasteiger partial charge on any atom is -0.480 e. The number of carbonyl (C=O) groups is 1. The predicted molar refractivity (Wildman–Crippen MR) is 89.3 cm³/mol. The third-order valence-electron chi connectivity index (χ3n) is 3.18. The quantitative estimate of drug-likeness (QED) is 0.762. The maximum Gasteiger partial charge on any atom is 0.323 e. The molecule has 1 heterocycles. The van der Waals surface area contributed by atoms with E-state index in [0.29, 0.717) is 6.42 Å². The Kier molecular flexibility index (Phi) is 5.24. The van der Waals surface area contributed by atoms with E-state index in [1.807, 2.05) is 32.0 Å². The summed E-state index contributed by atoms with van der Waals surface area (Å²) in [6, 6.07) is 8.17. The highest BCUT2D eigenvalue weighted by Gasteiger charge is 2.32. The molecule has 1 atom stereocenters. The van der Waals surface area contributed by atoms with Gasteiger partial charge < -0.3 is 5.11 Å². The number of hydrogen-bond donors (Lipinski definition) is 2. The molecule has 0 aliphatic heterocycles. The molecule has 2 N–H and O–H groups in total. The van der Waals surface area contributed by atoms with Crippen molar-refractivity contribution in [1.29, 1.82) is 0 Å². The SMILES string of the molecule is CC(C)NC(C)(CCSc1nc2ccccc2s1)C(=O)O. The molecule has 6 heteroatoms. The van der Waals surface area contributed by atoms with Gasteiger partial charge in [-0.3, -0.25) is 10.1 Å². The lowest BCUT2D eigenvalue weighted by Gasteiger charge is -2.28. The zero-order chi connectivity index (χ0) is 15.5. The van der Waals surface area contributed by atoms with E-state index in [1.54, 1.807) is 30.0 Å². The topological polar surface area (TPSA) is 62.2 Å². The van der Waals surface area contributed by atoms with E-state index >= 15 is 0 Å². The smallest absolute Gasteiger partial charge is 0.323 e. The molecule has 2 rings (SSSR count). The number of nitrogens with one attached hydrogen (secondary N) is 1. The molecule has 114 valence electrons. The van der Waals surface area contributed by atoms with E-state index in [9.17, 15) is 9.90 Å². The standard InChI is InChI=1S/C15H20N2O2S2/c1-10(2)17-15(3,13(18)19)8-9-20-14-16-11-6-4-5-7-12(11)21-14/h4-7,10,17H,8-9H2,1-3H3,(H,18,19). The molecule has 0 spiro atoms. The molecule has 1 unspecified atom stereocenters. The van der Waals surface area contributed by atoms with E-state index in [-0.39, 0.29) is 6.04 Å². The first-order chi connectivity index (χ1) is 9.90. The van der Waals surface area contributed by atoms with E-state index in [0.717, 1.165) is 15.6 Å². The third-order valence-corrected chi connectivity index (χ3v) is 5.36. The van der Waals surface area contributed by atoms with Crippen molar-refractivity contribution in [1.82, 2.24) is 10.3 Å². The Morgan fingerprint density at radius 1 is 1.48 bits per heavy atom. The Bertz CT molecular complexity index is 594. The monoisotopic (exact) mass is 324 g/mol. The Hall–Kier alpha value is -1.11. The van der Waals surface area contributed by atoms with Gasteiger partial charge in [0.2, 0.25) is 0 Å². The van der Waals surface area contributed by atoms with Gasteiger partial charge in [-0.05, 0) is 39.3 Å². The minimum absolute atomic E-state index is 0.138. The fourth-order valence-corrected chi connectivity index (χ4v) is 4.43. The number of aliphatic carboxylic acids is 1. The third kappa shape index (κ3) is 4.18. The highest BCUT2D eigenvalue weighted by Crippen LogP contribution is 2.30. The molecule has 0 saturated carbocycles. The van der Waals surface area contributed by atoms with Gasteiger partial charge in [0, 0.05) is 11.8 Å². The van der Waals surface area contributed by atoms with Crippen LogP contribution < -0.4 is 5.32 Å². The van der Waals surface area contributed by atoms with Gasteiger partial charge in [-0.25, -0.2) is 4.98 Å². The highest BCUT2D eigenvalue weighted by atomic mass is 32.2. The zero-order valence-corrected chi connectivity index (χ0v) is 14.1. The average Bonchev–Trinajstić information content (AvgIpc) is 2.80. The number of carboxylic acids is 1. The summed E-state index contributed by atoms with van der Waals surface area (Å²) in [5.74, 6) is -0.0800. The van der Waals surface area contributed by atoms with Gasteiger partial charge in [-0.15, -0.1) is 11.3 Å². The first-order valence-corrected chi connectivity index (χ1v) is 8.70. The lowest BCUT2D eigenvalue weighted by Crippen LogP contribution is -2.52. The molecule has 2 aromatic rings. The van der Waals surface area contributed by atoms with Crippen molar-refractivity contribution < 1.29 is 9.90 Å². The fourth-order valence-electron chi connectivity index (χ4n) is 2.13. The fraction of sp³-hybridized carbons (Fsp3) is 0.467. The van der Waals surface area contributed by atoms with E-state index in [4.69, 9.17) is 0 Å². The molecule has 4 nitrogen and oxygen atoms in total. The predicted octanol–water partition coefficient (Wildman–Crippen LogP) is 3.62. The van der Waals surface area contributed by atoms with Crippen LogP contribution in [0.2, 0.25) is 0 Å². The molecule has 0 amide bonds. The van der Waals surface area contributed by atoms with Crippen molar-refractivity contribution in [2.75, 3.05) is 5.75 Å². The van der Waals surface area contributed by atoms with Crippen LogP contribution in [0.25, 0.3) is 10.2 Å². The van der Waals surface area contributed by atoms with Crippen molar-refractivity contribution in [3.63, 3.8) is 0 Å². The summed E-state index contributed by atoms with van der Waals surface area (Å²) in [6.45, 7) is 5.66. The van der Waals surface area contributed by atoms with Crippen molar-refractivity contribution in [2.45, 2.75) is 43.1 Å². The first-order valence-electron chi connectivity index (χ1n) is 6.90. The molecule has 0 saturated heterocycles. The van der Waals surface area contributed by atoms with Gasteiger partial charge >= 0.3 is 5.97 Å². The number of nitrogens with zero attached hydrogens (tertiary/aromatic N) is 1. The summed E-state index contributed by atoms with van der Waals surface area (Å²) in [6.07, 6.45) is 0.557. The van der Waals surface area contributed by atoms with Crippen LogP contribution in [-0.4, -0.2) is 33.4 Å². The summed E-state index contributed by atoms with van der Waals surface area (Å²) in [5.41, 5.74) is 0.115. The normalized spacial score (nSPS) is 14.5. The van der Waals surface area contributed by atoms with Crippen LogP contribution in [0.3, 0.4) is 0 Å². The zero-order valence-electron chi connectivity index (χ0n) is 12.4. The van der Waals surface area contributed by atoms with Crippen molar-refractivity contribution in [3.8, 4) is 0 Å². The summed E-state index contributed by atoms with van der Waals surface area (Å²) in [7, 11) is 0. The lowest BCUT2D eigenvalue weighted by atomic mass is 9.98. The van der Waals surface area contributed by atoms with Gasteiger partial charge in [-0.2, -0.15) is 0 Å². The molecule has 0 radical (unpaired) electrons. The molecular formula is C15H20N2O2S2. The second-order valence-corrected chi connectivity index (χ2v) is 7.85. The molecule has 1 aromatic carbocycles. The molecular weight excluding hydrogens is 304 g/mol. The number of carboxylic acid groups (broad SMARTS) is 1. The molecule has 21 heavy (non-hydrogen) atoms. The van der Waals surface area contributed by atoms with Crippen LogP contribution in [0, 0.1) is 0 Å². The van der Waals surface area contributed by atoms with Crippen LogP contribution in [0.5, 0.6) is 0 Å². The van der Waals surface area contributed by atoms with Gasteiger partial charge in [0.15, 0.2) is 4.34 Å². The first kappa shape index (κ1) is 16.3. The number of fused-ring (bicyclic) bond motifs is 1. The Morgan fingerprint density at radius 3 is 2.81 bits per heavy atom. The van der Waals surface area contributed by atoms with Gasteiger partial charge in [0.1, 0.15) is 5.54 Å². The van der Waals surface area contributed by atoms with E-state index < -0.39 is 11.5 Å². The summed E-state index contributed by atoms with van der Waals surface area (Å²) in [4.78, 5) is 16.0. The van der Waals surface area contributed by atoms with Crippen LogP contribution in [0.15, 0.2) is 28.6 Å². The largest absolute Gasteiger partial charge is 0.480 e. The molecule has 1 aromatic heterocycles. The highest BCUT2D eigenvalue weighted by molar-refractivity contribution is 8.01. The Balaban J connectivity index is 1.97. The Morgan fingerprint density at radius 2 is 2.19 bits per heavy atom. The summed E-state index contributed by atoms with van der Waals surface area (Å²) >= 11 is 3.28. The van der Waals surface area contributed by atoms with E-state index in [1.165, 1.54) is 4.70 Å². The lowest BCUT2D eigenvalue weighted by molar-refractivity contribution is -0.144. The van der Waals surface area contributed by atoms with Crippen molar-refractivity contribution in [3.05, 3.63) is 24.3 Å². The van der Waals surface area contributed by atoms with Gasteiger partial charge in [0.25, 0.3) is 0 Å². The number of thiazole rings is 1. The minimum atomic E-state index is -0.891. The molecule has 0 fully saturated rings. The van der Waals surface area contributed by atoms with Crippen molar-refractivity contribution >= 4 is 39.3 Å². The molecule has 0 aliphatic rings. The summed E-state index contributed by atoms with van der Waals surface area (Å²) in [5, 5.41) is 12.5. The maximum atomic E-state index is 11.5. The van der Waals surface area contributed by atoms with Crippen LogP contribution in [0.4, 0.5) is 0 Å². The van der Waals surface area contributed by atoms with Crippen LogP contribution in [0.1, 0.15) is 27.2 Å². The number of benzene rings is 1. The van der Waals surface area contributed by atoms with E-state index in [2.05, 4.69) is 16.4 Å². The average molecular weight is 324 g/mol. The summed E-state index contributed by atoms with van der Waals surface area (Å²) < 4.78 is 2.16. The van der Waals surface area contributed by atoms with Crippen molar-refractivity contribution in [2.24, 2.45) is 0 Å². The number of rotatable bonds is 7. The number of para-hydroxylation sites is 1. The van der Waals surface area contributed by atoms with Gasteiger partial charge in [0.05, 0.1) is 10.2 Å². The number of thioether (sulfide) groups is 1. The molecule has 0 bridgehead atoms. The van der Waals surface area contributed by atoms with Gasteiger partial charge in [-0.1, -0.05) is 23.9 Å². The second kappa shape index (κ2) is 6.77. The molecule has 0 aliphatic carbocycles. The Labute approximate surface area is 133 Å². The second-order valence-electron chi connectivity index (χ2n) is 5.48. The van der Waals surface area contributed by atoms with Crippen LogP contribution >= 0.6 is 23.1 Å².